The van der Waals surface area contributed by atoms with Crippen LogP contribution < -0.4 is 11.1 Å². The van der Waals surface area contributed by atoms with E-state index < -0.39 is 0 Å². The molecular formula is C10H18N4O. The molecule has 0 aliphatic rings. The highest BCUT2D eigenvalue weighted by Crippen LogP contribution is 1.93. The minimum atomic E-state index is 0.0418. The zero-order chi connectivity index (χ0) is 10.9. The number of imidazole rings is 1. The van der Waals surface area contributed by atoms with Crippen molar-refractivity contribution >= 4 is 5.91 Å². The van der Waals surface area contributed by atoms with Crippen LogP contribution in [0.1, 0.15) is 19.3 Å². The molecule has 1 rings (SSSR count). The second-order valence-electron chi connectivity index (χ2n) is 3.40. The van der Waals surface area contributed by atoms with E-state index >= 15 is 0 Å². The lowest BCUT2D eigenvalue weighted by Gasteiger charge is -2.04. The fourth-order valence-electron chi connectivity index (χ4n) is 1.29. The third-order valence-corrected chi connectivity index (χ3v) is 2.10. The summed E-state index contributed by atoms with van der Waals surface area (Å²) in [7, 11) is 0. The standard InChI is InChI=1S/C10H18N4O/c11-4-3-10(15)13-5-1-2-7-14-8-6-12-9-14/h6,8-9H,1-5,7,11H2,(H,13,15). The van der Waals surface area contributed by atoms with Gasteiger partial charge in [0.15, 0.2) is 0 Å². The Bertz CT molecular complexity index is 271. The first-order valence-corrected chi connectivity index (χ1v) is 5.25. The van der Waals surface area contributed by atoms with Crippen molar-refractivity contribution in [2.24, 2.45) is 5.73 Å². The van der Waals surface area contributed by atoms with E-state index in [2.05, 4.69) is 10.3 Å². The van der Waals surface area contributed by atoms with Gasteiger partial charge in [-0.2, -0.15) is 0 Å². The molecule has 0 aliphatic carbocycles. The largest absolute Gasteiger partial charge is 0.356 e. The lowest BCUT2D eigenvalue weighted by molar-refractivity contribution is -0.120. The molecule has 0 radical (unpaired) electrons. The summed E-state index contributed by atoms with van der Waals surface area (Å²) in [6.45, 7) is 2.10. The fraction of sp³-hybridized carbons (Fsp3) is 0.600. The van der Waals surface area contributed by atoms with Gasteiger partial charge in [-0.3, -0.25) is 4.79 Å². The fourth-order valence-corrected chi connectivity index (χ4v) is 1.29. The molecule has 5 nitrogen and oxygen atoms in total. The molecule has 15 heavy (non-hydrogen) atoms. The quantitative estimate of drug-likeness (QED) is 0.628. The third-order valence-electron chi connectivity index (χ3n) is 2.10. The number of unbranched alkanes of at least 4 members (excludes halogenated alkanes) is 1. The number of aryl methyl sites for hydroxylation is 1. The lowest BCUT2D eigenvalue weighted by atomic mass is 10.3. The number of nitrogens with one attached hydrogen (secondary N) is 1. The number of amides is 1. The molecular weight excluding hydrogens is 192 g/mol. The number of carbonyl (C=O) groups is 1. The van der Waals surface area contributed by atoms with Crippen LogP contribution in [0, 0.1) is 0 Å². The molecule has 84 valence electrons. The molecule has 0 spiro atoms. The Morgan fingerprint density at radius 2 is 2.33 bits per heavy atom. The summed E-state index contributed by atoms with van der Waals surface area (Å²) in [6, 6.07) is 0. The minimum absolute atomic E-state index is 0.0418. The van der Waals surface area contributed by atoms with Gasteiger partial charge < -0.3 is 15.6 Å². The van der Waals surface area contributed by atoms with Crippen molar-refractivity contribution in [3.05, 3.63) is 18.7 Å². The normalized spacial score (nSPS) is 10.2. The molecule has 0 unspecified atom stereocenters. The number of hydrogen-bond donors (Lipinski definition) is 2. The van der Waals surface area contributed by atoms with E-state index in [0.29, 0.717) is 13.0 Å². The minimum Gasteiger partial charge on any atom is -0.356 e. The number of carbonyl (C=O) groups excluding carboxylic acids is 1. The van der Waals surface area contributed by atoms with Crippen LogP contribution in [-0.2, 0) is 11.3 Å². The molecule has 0 saturated carbocycles. The molecule has 0 aliphatic heterocycles. The summed E-state index contributed by atoms with van der Waals surface area (Å²) in [6.07, 6.45) is 7.94. The van der Waals surface area contributed by atoms with Crippen LogP contribution >= 0.6 is 0 Å². The van der Waals surface area contributed by atoms with Gasteiger partial charge >= 0.3 is 0 Å². The molecule has 0 aromatic carbocycles. The van der Waals surface area contributed by atoms with Crippen LogP contribution in [0.5, 0.6) is 0 Å². The summed E-state index contributed by atoms with van der Waals surface area (Å²) in [5, 5.41) is 2.82. The Balaban J connectivity index is 1.95. The zero-order valence-corrected chi connectivity index (χ0v) is 8.85. The molecule has 1 aromatic heterocycles. The van der Waals surface area contributed by atoms with E-state index in [1.807, 2.05) is 10.8 Å². The van der Waals surface area contributed by atoms with Crippen LogP contribution in [0.3, 0.4) is 0 Å². The van der Waals surface area contributed by atoms with Crippen molar-refractivity contribution in [2.75, 3.05) is 13.1 Å². The van der Waals surface area contributed by atoms with Crippen LogP contribution in [0.25, 0.3) is 0 Å². The second kappa shape index (κ2) is 7.00. The maximum absolute atomic E-state index is 11.0. The van der Waals surface area contributed by atoms with Gasteiger partial charge in [0.1, 0.15) is 0 Å². The van der Waals surface area contributed by atoms with Gasteiger partial charge in [-0.15, -0.1) is 0 Å². The Hall–Kier alpha value is -1.36. The van der Waals surface area contributed by atoms with Gasteiger partial charge in [0, 0.05) is 38.4 Å². The van der Waals surface area contributed by atoms with Crippen LogP contribution in [0.4, 0.5) is 0 Å². The summed E-state index contributed by atoms with van der Waals surface area (Å²) < 4.78 is 2.03. The Kier molecular flexibility index (Phi) is 5.47. The van der Waals surface area contributed by atoms with Gasteiger partial charge in [-0.05, 0) is 12.8 Å². The number of rotatable bonds is 7. The molecule has 1 amide bonds. The van der Waals surface area contributed by atoms with E-state index in [9.17, 15) is 4.79 Å². The highest BCUT2D eigenvalue weighted by Gasteiger charge is 1.97. The van der Waals surface area contributed by atoms with E-state index in [1.165, 1.54) is 0 Å². The van der Waals surface area contributed by atoms with Crippen molar-refractivity contribution in [3.8, 4) is 0 Å². The van der Waals surface area contributed by atoms with E-state index in [0.717, 1.165) is 25.9 Å². The Morgan fingerprint density at radius 3 is 3.00 bits per heavy atom. The predicted molar refractivity (Wildman–Crippen MR) is 58.1 cm³/mol. The van der Waals surface area contributed by atoms with Crippen molar-refractivity contribution in [1.29, 1.82) is 0 Å². The highest BCUT2D eigenvalue weighted by atomic mass is 16.1. The topological polar surface area (TPSA) is 72.9 Å². The molecule has 0 saturated heterocycles. The van der Waals surface area contributed by atoms with Crippen molar-refractivity contribution in [3.63, 3.8) is 0 Å². The highest BCUT2D eigenvalue weighted by molar-refractivity contribution is 5.75. The lowest BCUT2D eigenvalue weighted by Crippen LogP contribution is -2.26. The first kappa shape index (κ1) is 11.7. The molecule has 1 heterocycles. The van der Waals surface area contributed by atoms with Crippen molar-refractivity contribution in [2.45, 2.75) is 25.8 Å². The van der Waals surface area contributed by atoms with Crippen molar-refractivity contribution in [1.82, 2.24) is 14.9 Å². The average Bonchev–Trinajstić information content (AvgIpc) is 2.70. The van der Waals surface area contributed by atoms with E-state index in [1.54, 1.807) is 12.5 Å². The summed E-state index contributed by atoms with van der Waals surface area (Å²) in [4.78, 5) is 15.0. The van der Waals surface area contributed by atoms with Crippen molar-refractivity contribution < 1.29 is 4.79 Å². The number of aromatic nitrogens is 2. The second-order valence-corrected chi connectivity index (χ2v) is 3.40. The Labute approximate surface area is 89.7 Å². The number of nitrogens with zero attached hydrogens (tertiary/aromatic N) is 2. The van der Waals surface area contributed by atoms with Crippen LogP contribution in [-0.4, -0.2) is 28.5 Å². The van der Waals surface area contributed by atoms with E-state index in [-0.39, 0.29) is 5.91 Å². The number of hydrogen-bond acceptors (Lipinski definition) is 3. The molecule has 0 bridgehead atoms. The van der Waals surface area contributed by atoms with E-state index in [4.69, 9.17) is 5.73 Å². The van der Waals surface area contributed by atoms with Gasteiger partial charge in [0.25, 0.3) is 0 Å². The average molecular weight is 210 g/mol. The predicted octanol–water partition coefficient (Wildman–Crippen LogP) is 0.128. The van der Waals surface area contributed by atoms with Crippen LogP contribution in [0.15, 0.2) is 18.7 Å². The molecule has 1 aromatic rings. The summed E-state index contributed by atoms with van der Waals surface area (Å²) >= 11 is 0. The molecule has 0 fully saturated rings. The first-order valence-electron chi connectivity index (χ1n) is 5.25. The maximum Gasteiger partial charge on any atom is 0.221 e. The Morgan fingerprint density at radius 1 is 1.47 bits per heavy atom. The molecule has 3 N–H and O–H groups in total. The SMILES string of the molecule is NCCC(=O)NCCCCn1ccnc1. The molecule has 5 heteroatoms. The number of nitrogens with two attached hydrogens (primary N) is 1. The molecule has 0 atom stereocenters. The summed E-state index contributed by atoms with van der Waals surface area (Å²) in [5.41, 5.74) is 5.25. The van der Waals surface area contributed by atoms with Gasteiger partial charge in [0.05, 0.1) is 6.33 Å². The third kappa shape index (κ3) is 5.17. The zero-order valence-electron chi connectivity index (χ0n) is 8.85. The van der Waals surface area contributed by atoms with Crippen LogP contribution in [0.2, 0.25) is 0 Å². The van der Waals surface area contributed by atoms with Gasteiger partial charge in [-0.25, -0.2) is 4.98 Å². The maximum atomic E-state index is 11.0. The van der Waals surface area contributed by atoms with Gasteiger partial charge in [-0.1, -0.05) is 0 Å². The summed E-state index contributed by atoms with van der Waals surface area (Å²) in [5.74, 6) is 0.0418. The smallest absolute Gasteiger partial charge is 0.221 e. The monoisotopic (exact) mass is 210 g/mol. The van der Waals surface area contributed by atoms with Gasteiger partial charge in [0.2, 0.25) is 5.91 Å². The first-order chi connectivity index (χ1) is 7.33.